The number of aliphatic hydroxyl groups excluding tert-OH is 1. The predicted octanol–water partition coefficient (Wildman–Crippen LogP) is 1.98. The predicted molar refractivity (Wildman–Crippen MR) is 69.3 cm³/mol. The number of carbonyl (C=O) groups is 1. The van der Waals surface area contributed by atoms with Crippen LogP contribution in [0.2, 0.25) is 0 Å². The smallest absolute Gasteiger partial charge is 0.263 e. The number of nitrogens with zero attached hydrogens (tertiary/aromatic N) is 1. The van der Waals surface area contributed by atoms with E-state index >= 15 is 0 Å². The van der Waals surface area contributed by atoms with Crippen molar-refractivity contribution < 1.29 is 9.90 Å². The molecule has 1 aromatic rings. The van der Waals surface area contributed by atoms with Crippen molar-refractivity contribution in [3.8, 4) is 0 Å². The zero-order chi connectivity index (χ0) is 13.1. The highest BCUT2D eigenvalue weighted by Crippen LogP contribution is 2.22. The van der Waals surface area contributed by atoms with Crippen LogP contribution in [-0.2, 0) is 0 Å². The molecule has 1 atom stereocenters. The Kier molecular flexibility index (Phi) is 4.65. The molecule has 17 heavy (non-hydrogen) atoms. The Balaban J connectivity index is 2.75. The molecule has 1 heterocycles. The zero-order valence-electron chi connectivity index (χ0n) is 10.8. The average Bonchev–Trinajstić information content (AvgIpc) is 2.62. The Labute approximate surface area is 106 Å². The van der Waals surface area contributed by atoms with Crippen molar-refractivity contribution in [3.63, 3.8) is 0 Å². The van der Waals surface area contributed by atoms with Gasteiger partial charge in [0.25, 0.3) is 5.91 Å². The van der Waals surface area contributed by atoms with E-state index in [4.69, 9.17) is 5.11 Å². The molecule has 0 fully saturated rings. The topological polar surface area (TPSA) is 62.2 Å². The first-order valence-corrected chi connectivity index (χ1v) is 6.56. The van der Waals surface area contributed by atoms with Gasteiger partial charge in [0.05, 0.1) is 11.2 Å². The van der Waals surface area contributed by atoms with Gasteiger partial charge in [0, 0.05) is 12.6 Å². The first kappa shape index (κ1) is 14.1. The monoisotopic (exact) mass is 256 g/mol. The highest BCUT2D eigenvalue weighted by molar-refractivity contribution is 7.11. The SMILES string of the molecule is Cc1ncsc1C(=O)NC(CCO)C(C)(C)C. The molecule has 1 amide bonds. The Morgan fingerprint density at radius 1 is 1.59 bits per heavy atom. The zero-order valence-corrected chi connectivity index (χ0v) is 11.6. The van der Waals surface area contributed by atoms with Gasteiger partial charge in [-0.2, -0.15) is 0 Å². The summed E-state index contributed by atoms with van der Waals surface area (Å²) < 4.78 is 0. The maximum atomic E-state index is 12.0. The fourth-order valence-electron chi connectivity index (χ4n) is 1.59. The summed E-state index contributed by atoms with van der Waals surface area (Å²) in [6.45, 7) is 8.04. The van der Waals surface area contributed by atoms with Crippen LogP contribution in [0.4, 0.5) is 0 Å². The molecule has 0 radical (unpaired) electrons. The van der Waals surface area contributed by atoms with Crippen molar-refractivity contribution in [2.75, 3.05) is 6.61 Å². The fourth-order valence-corrected chi connectivity index (χ4v) is 2.30. The van der Waals surface area contributed by atoms with Crippen LogP contribution >= 0.6 is 11.3 Å². The number of carbonyl (C=O) groups excluding carboxylic acids is 1. The minimum Gasteiger partial charge on any atom is -0.396 e. The molecule has 0 spiro atoms. The summed E-state index contributed by atoms with van der Waals surface area (Å²) in [5.74, 6) is -0.0987. The summed E-state index contributed by atoms with van der Waals surface area (Å²) in [6, 6.07) is -0.0403. The molecule has 1 unspecified atom stereocenters. The second-order valence-electron chi connectivity index (χ2n) is 5.17. The van der Waals surface area contributed by atoms with Crippen molar-refractivity contribution in [3.05, 3.63) is 16.1 Å². The lowest BCUT2D eigenvalue weighted by molar-refractivity contribution is 0.0888. The van der Waals surface area contributed by atoms with Gasteiger partial charge in [-0.25, -0.2) is 4.98 Å². The first-order chi connectivity index (χ1) is 7.86. The van der Waals surface area contributed by atoms with Gasteiger partial charge in [-0.1, -0.05) is 20.8 Å². The van der Waals surface area contributed by atoms with E-state index in [-0.39, 0.29) is 24.0 Å². The Hall–Kier alpha value is -0.940. The largest absolute Gasteiger partial charge is 0.396 e. The van der Waals surface area contributed by atoms with E-state index in [1.54, 1.807) is 5.51 Å². The third kappa shape index (κ3) is 3.78. The number of aliphatic hydroxyl groups is 1. The Morgan fingerprint density at radius 2 is 2.24 bits per heavy atom. The van der Waals surface area contributed by atoms with E-state index in [1.807, 2.05) is 27.7 Å². The van der Waals surface area contributed by atoms with Crippen molar-refractivity contribution in [1.82, 2.24) is 10.3 Å². The number of aromatic nitrogens is 1. The molecule has 1 aromatic heterocycles. The Morgan fingerprint density at radius 3 is 2.65 bits per heavy atom. The third-order valence-corrected chi connectivity index (χ3v) is 3.65. The van der Waals surface area contributed by atoms with Crippen molar-refractivity contribution in [2.45, 2.75) is 40.2 Å². The maximum Gasteiger partial charge on any atom is 0.263 e. The van der Waals surface area contributed by atoms with Gasteiger partial charge in [-0.05, 0) is 18.8 Å². The van der Waals surface area contributed by atoms with Gasteiger partial charge in [-0.15, -0.1) is 11.3 Å². The molecule has 0 aliphatic heterocycles. The molecule has 0 saturated carbocycles. The molecule has 0 saturated heterocycles. The van der Waals surface area contributed by atoms with Gasteiger partial charge in [0.1, 0.15) is 4.88 Å². The van der Waals surface area contributed by atoms with Crippen molar-refractivity contribution in [1.29, 1.82) is 0 Å². The van der Waals surface area contributed by atoms with E-state index < -0.39 is 0 Å². The summed E-state index contributed by atoms with van der Waals surface area (Å²) in [5.41, 5.74) is 2.35. The van der Waals surface area contributed by atoms with Crippen LogP contribution in [0.15, 0.2) is 5.51 Å². The van der Waals surface area contributed by atoms with Gasteiger partial charge in [0.15, 0.2) is 0 Å². The maximum absolute atomic E-state index is 12.0. The molecular formula is C12H20N2O2S. The van der Waals surface area contributed by atoms with E-state index in [2.05, 4.69) is 10.3 Å². The number of hydrogen-bond acceptors (Lipinski definition) is 4. The number of aryl methyl sites for hydroxylation is 1. The first-order valence-electron chi connectivity index (χ1n) is 5.68. The van der Waals surface area contributed by atoms with Crippen LogP contribution in [-0.4, -0.2) is 28.6 Å². The highest BCUT2D eigenvalue weighted by Gasteiger charge is 2.26. The lowest BCUT2D eigenvalue weighted by Gasteiger charge is -2.31. The van der Waals surface area contributed by atoms with E-state index in [0.717, 1.165) is 5.69 Å². The molecular weight excluding hydrogens is 236 g/mol. The van der Waals surface area contributed by atoms with E-state index in [1.165, 1.54) is 11.3 Å². The van der Waals surface area contributed by atoms with Crippen LogP contribution in [0.5, 0.6) is 0 Å². The summed E-state index contributed by atoms with van der Waals surface area (Å²) in [4.78, 5) is 16.7. The van der Waals surface area contributed by atoms with Gasteiger partial charge >= 0.3 is 0 Å². The van der Waals surface area contributed by atoms with Crippen LogP contribution in [0.25, 0.3) is 0 Å². The lowest BCUT2D eigenvalue weighted by Crippen LogP contribution is -2.44. The minimum absolute atomic E-state index is 0.0403. The number of amides is 1. The molecule has 2 N–H and O–H groups in total. The molecule has 0 bridgehead atoms. The molecule has 0 aliphatic rings. The normalized spacial score (nSPS) is 13.5. The number of rotatable bonds is 4. The fraction of sp³-hybridized carbons (Fsp3) is 0.667. The number of thiazole rings is 1. The van der Waals surface area contributed by atoms with Gasteiger partial charge < -0.3 is 10.4 Å². The molecule has 0 aromatic carbocycles. The second kappa shape index (κ2) is 5.60. The summed E-state index contributed by atoms with van der Waals surface area (Å²) in [6.07, 6.45) is 0.563. The van der Waals surface area contributed by atoms with E-state index in [9.17, 15) is 4.79 Å². The standard InChI is InChI=1S/C12H20N2O2S/c1-8-10(17-7-13-8)11(16)14-9(5-6-15)12(2,3)4/h7,9,15H,5-6H2,1-4H3,(H,14,16). The molecule has 1 rings (SSSR count). The molecule has 4 nitrogen and oxygen atoms in total. The number of nitrogens with one attached hydrogen (secondary N) is 1. The summed E-state index contributed by atoms with van der Waals surface area (Å²) in [5, 5.41) is 12.0. The lowest BCUT2D eigenvalue weighted by atomic mass is 9.85. The molecule has 5 heteroatoms. The van der Waals surface area contributed by atoms with Gasteiger partial charge in [0.2, 0.25) is 0 Å². The molecule has 96 valence electrons. The second-order valence-corrected chi connectivity index (χ2v) is 6.03. The molecule has 0 aliphatic carbocycles. The van der Waals surface area contributed by atoms with Crippen molar-refractivity contribution in [2.24, 2.45) is 5.41 Å². The average molecular weight is 256 g/mol. The van der Waals surface area contributed by atoms with Crippen LogP contribution in [0.1, 0.15) is 42.6 Å². The summed E-state index contributed by atoms with van der Waals surface area (Å²) >= 11 is 1.34. The van der Waals surface area contributed by atoms with Crippen molar-refractivity contribution >= 4 is 17.2 Å². The highest BCUT2D eigenvalue weighted by atomic mass is 32.1. The van der Waals surface area contributed by atoms with Gasteiger partial charge in [-0.3, -0.25) is 4.79 Å². The minimum atomic E-state index is -0.0987. The quantitative estimate of drug-likeness (QED) is 0.866. The summed E-state index contributed by atoms with van der Waals surface area (Å²) in [7, 11) is 0. The Bertz CT molecular complexity index is 382. The van der Waals surface area contributed by atoms with Crippen LogP contribution in [0.3, 0.4) is 0 Å². The number of hydrogen-bond donors (Lipinski definition) is 2. The van der Waals surface area contributed by atoms with Crippen LogP contribution < -0.4 is 5.32 Å². The van der Waals surface area contributed by atoms with E-state index in [0.29, 0.717) is 11.3 Å². The van der Waals surface area contributed by atoms with Crippen LogP contribution in [0, 0.1) is 12.3 Å². The third-order valence-electron chi connectivity index (χ3n) is 2.72.